The van der Waals surface area contributed by atoms with Crippen molar-refractivity contribution in [1.82, 2.24) is 5.01 Å². The van der Waals surface area contributed by atoms with E-state index in [1.54, 1.807) is 13.1 Å². The van der Waals surface area contributed by atoms with Crippen LogP contribution in [0.2, 0.25) is 0 Å². The summed E-state index contributed by atoms with van der Waals surface area (Å²) in [6.07, 6.45) is 1.62. The molecule has 0 atom stereocenters. The molecule has 0 aromatic heterocycles. The first-order valence-electron chi connectivity index (χ1n) is 3.19. The van der Waals surface area contributed by atoms with Gasteiger partial charge in [0.25, 0.3) is 0 Å². The predicted octanol–water partition coefficient (Wildman–Crippen LogP) is -0.0239. The van der Waals surface area contributed by atoms with Crippen molar-refractivity contribution in [3.63, 3.8) is 0 Å². The fourth-order valence-corrected chi connectivity index (χ4v) is 0.496. The Bertz CT molecular complexity index is 110. The second kappa shape index (κ2) is 5.08. The molecule has 0 aliphatic rings. The van der Waals surface area contributed by atoms with Gasteiger partial charge in [-0.3, -0.25) is 5.01 Å². The molecule has 0 rings (SSSR count). The summed E-state index contributed by atoms with van der Waals surface area (Å²) in [4.78, 5) is 0. The van der Waals surface area contributed by atoms with Gasteiger partial charge >= 0.3 is 0 Å². The van der Waals surface area contributed by atoms with Crippen LogP contribution in [0.4, 0.5) is 0 Å². The number of nitrogens with zero attached hydrogens (tertiary/aromatic N) is 1. The lowest BCUT2D eigenvalue weighted by molar-refractivity contribution is 0.0620. The van der Waals surface area contributed by atoms with E-state index in [1.165, 1.54) is 5.01 Å². The van der Waals surface area contributed by atoms with Crippen molar-refractivity contribution < 1.29 is 4.74 Å². The number of hydrogen-bond donors (Lipinski definition) is 2. The molecule has 0 radical (unpaired) electrons. The van der Waals surface area contributed by atoms with Crippen molar-refractivity contribution >= 4 is 0 Å². The monoisotopic (exact) mass is 145 g/mol. The maximum Gasteiger partial charge on any atom is 0.132 e. The molecule has 0 aromatic carbocycles. The number of hydrazine groups is 1. The molecular weight excluding hydrogens is 130 g/mol. The molecule has 0 saturated heterocycles. The van der Waals surface area contributed by atoms with E-state index < -0.39 is 0 Å². The standard InChI is InChI=1S/C6H15N3O/c1-3-10-5-9(8)4-6(2)7/h4H,3,5,7-8H2,1-2H3/b6-4-. The van der Waals surface area contributed by atoms with E-state index in [-0.39, 0.29) is 0 Å². The Morgan fingerprint density at radius 2 is 2.30 bits per heavy atom. The summed E-state index contributed by atoms with van der Waals surface area (Å²) < 4.78 is 5.00. The summed E-state index contributed by atoms with van der Waals surface area (Å²) in [7, 11) is 0. The smallest absolute Gasteiger partial charge is 0.132 e. The summed E-state index contributed by atoms with van der Waals surface area (Å²) in [5.74, 6) is 5.41. The maximum absolute atomic E-state index is 5.41. The highest BCUT2D eigenvalue weighted by Crippen LogP contribution is 1.84. The molecule has 0 unspecified atom stereocenters. The normalized spacial score (nSPS) is 11.7. The Kier molecular flexibility index (Phi) is 4.70. The van der Waals surface area contributed by atoms with Gasteiger partial charge in [0.2, 0.25) is 0 Å². The number of nitrogens with two attached hydrogens (primary N) is 2. The Hall–Kier alpha value is -0.740. The lowest BCUT2D eigenvalue weighted by Crippen LogP contribution is -2.28. The molecular formula is C6H15N3O. The van der Waals surface area contributed by atoms with Gasteiger partial charge in [-0.2, -0.15) is 0 Å². The highest BCUT2D eigenvalue weighted by Gasteiger charge is 1.89. The van der Waals surface area contributed by atoms with Crippen LogP contribution in [0.5, 0.6) is 0 Å². The highest BCUT2D eigenvalue weighted by molar-refractivity contribution is 4.88. The maximum atomic E-state index is 5.41. The third-order valence-electron chi connectivity index (χ3n) is 0.814. The molecule has 0 bridgehead atoms. The van der Waals surface area contributed by atoms with E-state index in [0.29, 0.717) is 19.0 Å². The van der Waals surface area contributed by atoms with E-state index in [9.17, 15) is 0 Å². The van der Waals surface area contributed by atoms with Crippen LogP contribution in [0.25, 0.3) is 0 Å². The number of allylic oxidation sites excluding steroid dienone is 1. The summed E-state index contributed by atoms with van der Waals surface area (Å²) in [5, 5.41) is 1.40. The Morgan fingerprint density at radius 1 is 1.70 bits per heavy atom. The molecule has 4 nitrogen and oxygen atoms in total. The van der Waals surface area contributed by atoms with Crippen LogP contribution in [-0.2, 0) is 4.74 Å². The zero-order chi connectivity index (χ0) is 7.98. The third-order valence-corrected chi connectivity index (χ3v) is 0.814. The van der Waals surface area contributed by atoms with Crippen LogP contribution < -0.4 is 11.6 Å². The second-order valence-corrected chi connectivity index (χ2v) is 2.01. The van der Waals surface area contributed by atoms with Gasteiger partial charge < -0.3 is 10.5 Å². The first-order valence-corrected chi connectivity index (χ1v) is 3.19. The minimum atomic E-state index is 0.380. The van der Waals surface area contributed by atoms with Crippen LogP contribution in [0.3, 0.4) is 0 Å². The summed E-state index contributed by atoms with van der Waals surface area (Å²) in [5.41, 5.74) is 6.02. The fraction of sp³-hybridized carbons (Fsp3) is 0.667. The molecule has 10 heavy (non-hydrogen) atoms. The van der Waals surface area contributed by atoms with Crippen LogP contribution in [0.15, 0.2) is 11.9 Å². The predicted molar refractivity (Wildman–Crippen MR) is 40.5 cm³/mol. The Balaban J connectivity index is 3.43. The van der Waals surface area contributed by atoms with Crippen LogP contribution in [-0.4, -0.2) is 18.3 Å². The minimum absolute atomic E-state index is 0.380. The van der Waals surface area contributed by atoms with E-state index >= 15 is 0 Å². The van der Waals surface area contributed by atoms with Crippen molar-refractivity contribution in [3.05, 3.63) is 11.9 Å². The van der Waals surface area contributed by atoms with Crippen molar-refractivity contribution in [2.45, 2.75) is 13.8 Å². The lowest BCUT2D eigenvalue weighted by atomic mass is 10.6. The molecule has 0 aromatic rings. The zero-order valence-electron chi connectivity index (χ0n) is 6.50. The van der Waals surface area contributed by atoms with E-state index in [0.717, 1.165) is 0 Å². The number of hydrogen-bond acceptors (Lipinski definition) is 4. The zero-order valence-corrected chi connectivity index (χ0v) is 6.50. The van der Waals surface area contributed by atoms with Gasteiger partial charge in [-0.25, -0.2) is 5.84 Å². The fourth-order valence-electron chi connectivity index (χ4n) is 0.496. The van der Waals surface area contributed by atoms with Gasteiger partial charge in [-0.15, -0.1) is 0 Å². The molecule has 0 spiro atoms. The van der Waals surface area contributed by atoms with Gasteiger partial charge in [0, 0.05) is 18.5 Å². The van der Waals surface area contributed by atoms with Crippen molar-refractivity contribution in [3.8, 4) is 0 Å². The van der Waals surface area contributed by atoms with Gasteiger partial charge in [0.15, 0.2) is 0 Å². The van der Waals surface area contributed by atoms with E-state index in [1.807, 2.05) is 6.92 Å². The molecule has 0 aliphatic heterocycles. The number of rotatable bonds is 4. The molecule has 4 N–H and O–H groups in total. The van der Waals surface area contributed by atoms with E-state index in [2.05, 4.69) is 0 Å². The van der Waals surface area contributed by atoms with Crippen molar-refractivity contribution in [2.24, 2.45) is 11.6 Å². The summed E-state index contributed by atoms with van der Waals surface area (Å²) >= 11 is 0. The van der Waals surface area contributed by atoms with Crippen LogP contribution >= 0.6 is 0 Å². The average molecular weight is 145 g/mol. The largest absolute Gasteiger partial charge is 0.401 e. The molecule has 4 heteroatoms. The quantitative estimate of drug-likeness (QED) is 0.331. The third kappa shape index (κ3) is 5.40. The second-order valence-electron chi connectivity index (χ2n) is 2.01. The first kappa shape index (κ1) is 9.26. The first-order chi connectivity index (χ1) is 4.66. The minimum Gasteiger partial charge on any atom is -0.401 e. The van der Waals surface area contributed by atoms with Gasteiger partial charge in [0.05, 0.1) is 0 Å². The van der Waals surface area contributed by atoms with E-state index in [4.69, 9.17) is 16.3 Å². The Morgan fingerprint density at radius 3 is 2.70 bits per heavy atom. The van der Waals surface area contributed by atoms with Gasteiger partial charge in [-0.05, 0) is 13.8 Å². The summed E-state index contributed by atoms with van der Waals surface area (Å²) in [6, 6.07) is 0. The molecule has 0 aliphatic carbocycles. The molecule has 60 valence electrons. The van der Waals surface area contributed by atoms with Crippen LogP contribution in [0.1, 0.15) is 13.8 Å². The molecule has 0 fully saturated rings. The SMILES string of the molecule is CCOCN(N)/C=C(/C)N. The molecule has 0 heterocycles. The average Bonchev–Trinajstić information content (AvgIpc) is 1.82. The molecule has 0 saturated carbocycles. The van der Waals surface area contributed by atoms with Gasteiger partial charge in [-0.1, -0.05) is 0 Å². The lowest BCUT2D eigenvalue weighted by Gasteiger charge is -2.12. The highest BCUT2D eigenvalue weighted by atomic mass is 16.5. The topological polar surface area (TPSA) is 64.5 Å². The van der Waals surface area contributed by atoms with Crippen LogP contribution in [0, 0.1) is 0 Å². The molecule has 0 amide bonds. The number of ether oxygens (including phenoxy) is 1. The summed E-state index contributed by atoms with van der Waals surface area (Å²) in [6.45, 7) is 4.72. The van der Waals surface area contributed by atoms with Crippen molar-refractivity contribution in [2.75, 3.05) is 13.3 Å². The van der Waals surface area contributed by atoms with Crippen molar-refractivity contribution in [1.29, 1.82) is 0 Å². The van der Waals surface area contributed by atoms with Gasteiger partial charge in [0.1, 0.15) is 6.73 Å². The Labute approximate surface area is 61.4 Å².